The molecule has 0 saturated heterocycles. The number of rotatable bonds is 6. The van der Waals surface area contributed by atoms with E-state index in [1.807, 2.05) is 0 Å². The van der Waals surface area contributed by atoms with Crippen molar-refractivity contribution < 1.29 is 10.2 Å². The van der Waals surface area contributed by atoms with Crippen LogP contribution in [0.1, 0.15) is 90.9 Å². The molecule has 0 aromatic rings. The van der Waals surface area contributed by atoms with Gasteiger partial charge in [-0.3, -0.25) is 0 Å². The van der Waals surface area contributed by atoms with Crippen LogP contribution in [-0.4, -0.2) is 35.5 Å². The summed E-state index contributed by atoms with van der Waals surface area (Å²) in [5, 5.41) is 25.0. The molecule has 0 amide bonds. The van der Waals surface area contributed by atoms with Crippen molar-refractivity contribution in [2.24, 2.45) is 28.6 Å². The summed E-state index contributed by atoms with van der Waals surface area (Å²) in [4.78, 5) is 0. The first-order valence-corrected chi connectivity index (χ1v) is 12.8. The first kappa shape index (κ1) is 22.6. The highest BCUT2D eigenvalue weighted by Crippen LogP contribution is 2.62. The van der Waals surface area contributed by atoms with Crippen LogP contribution < -0.4 is 5.32 Å². The second-order valence-corrected chi connectivity index (χ2v) is 11.5. The smallest absolute Gasteiger partial charge is 0.0621 e. The Morgan fingerprint density at radius 1 is 1.07 bits per heavy atom. The topological polar surface area (TPSA) is 52.5 Å². The van der Waals surface area contributed by atoms with Crippen LogP contribution in [0.4, 0.5) is 0 Å². The summed E-state index contributed by atoms with van der Waals surface area (Å²) in [6.45, 7) is 11.4. The van der Waals surface area contributed by atoms with Gasteiger partial charge in [-0.1, -0.05) is 37.6 Å². The molecule has 0 bridgehead atoms. The van der Waals surface area contributed by atoms with Crippen LogP contribution in [0, 0.1) is 28.6 Å². The lowest BCUT2D eigenvalue weighted by molar-refractivity contribution is -0.118. The Labute approximate surface area is 184 Å². The van der Waals surface area contributed by atoms with Gasteiger partial charge < -0.3 is 15.5 Å². The third-order valence-corrected chi connectivity index (χ3v) is 9.90. The van der Waals surface area contributed by atoms with Gasteiger partial charge in [-0.05, 0) is 119 Å². The van der Waals surface area contributed by atoms with Crippen LogP contribution in [0.15, 0.2) is 23.8 Å². The minimum absolute atomic E-state index is 0.0667. The van der Waals surface area contributed by atoms with Crippen LogP contribution in [0.5, 0.6) is 0 Å². The lowest BCUT2D eigenvalue weighted by atomic mass is 9.51. The third-order valence-electron chi connectivity index (χ3n) is 9.90. The molecule has 0 heterocycles. The number of fused-ring (bicyclic) bond motifs is 1. The van der Waals surface area contributed by atoms with Gasteiger partial charge >= 0.3 is 0 Å². The monoisotopic (exact) mass is 415 g/mol. The van der Waals surface area contributed by atoms with Gasteiger partial charge in [0.2, 0.25) is 0 Å². The molecule has 0 aromatic carbocycles. The largest absolute Gasteiger partial charge is 0.393 e. The Balaban J connectivity index is 1.47. The maximum atomic E-state index is 11.1. The molecule has 3 fully saturated rings. The minimum Gasteiger partial charge on any atom is -0.393 e. The summed E-state index contributed by atoms with van der Waals surface area (Å²) < 4.78 is 0. The molecule has 170 valence electrons. The quantitative estimate of drug-likeness (QED) is 0.403. The van der Waals surface area contributed by atoms with E-state index in [0.29, 0.717) is 24.2 Å². The van der Waals surface area contributed by atoms with Crippen molar-refractivity contribution in [2.45, 2.75) is 103 Å². The maximum absolute atomic E-state index is 11.1. The van der Waals surface area contributed by atoms with Crippen LogP contribution in [0.2, 0.25) is 0 Å². The molecule has 0 aromatic heterocycles. The molecule has 0 radical (unpaired) electrons. The van der Waals surface area contributed by atoms with Gasteiger partial charge in [0, 0.05) is 0 Å². The van der Waals surface area contributed by atoms with Crippen molar-refractivity contribution in [3.8, 4) is 0 Å². The fourth-order valence-electron chi connectivity index (χ4n) is 7.67. The Hall–Kier alpha value is -0.640. The molecule has 4 rings (SSSR count). The highest BCUT2D eigenvalue weighted by Gasteiger charge is 2.56. The summed E-state index contributed by atoms with van der Waals surface area (Å²) in [7, 11) is 0. The van der Waals surface area contributed by atoms with Crippen LogP contribution >= 0.6 is 0 Å². The van der Waals surface area contributed by atoms with Gasteiger partial charge in [0.1, 0.15) is 0 Å². The fourth-order valence-corrected chi connectivity index (χ4v) is 7.67. The molecule has 3 saturated carbocycles. The van der Waals surface area contributed by atoms with Crippen molar-refractivity contribution in [1.82, 2.24) is 5.32 Å². The van der Waals surface area contributed by atoms with Gasteiger partial charge in [-0.25, -0.2) is 0 Å². The van der Waals surface area contributed by atoms with E-state index < -0.39 is 0 Å². The molecule has 3 heteroatoms. The zero-order valence-electron chi connectivity index (χ0n) is 19.5. The van der Waals surface area contributed by atoms with Crippen molar-refractivity contribution >= 4 is 0 Å². The van der Waals surface area contributed by atoms with E-state index in [1.54, 1.807) is 5.57 Å². The lowest BCUT2D eigenvalue weighted by Crippen LogP contribution is -2.54. The predicted molar refractivity (Wildman–Crippen MR) is 124 cm³/mol. The molecule has 30 heavy (non-hydrogen) atoms. The second kappa shape index (κ2) is 9.08. The van der Waals surface area contributed by atoms with Crippen LogP contribution in [0.25, 0.3) is 0 Å². The van der Waals surface area contributed by atoms with Crippen molar-refractivity contribution in [2.75, 3.05) is 13.1 Å². The molecule has 4 aliphatic rings. The molecule has 0 spiro atoms. The van der Waals surface area contributed by atoms with Gasteiger partial charge in [-0.15, -0.1) is 0 Å². The van der Waals surface area contributed by atoms with E-state index in [9.17, 15) is 10.2 Å². The van der Waals surface area contributed by atoms with Gasteiger partial charge in [0.05, 0.1) is 12.2 Å². The summed E-state index contributed by atoms with van der Waals surface area (Å²) in [5.41, 5.74) is 3.33. The molecule has 3 N–H and O–H groups in total. The zero-order valence-corrected chi connectivity index (χ0v) is 19.5. The number of nitrogens with one attached hydrogen (secondary N) is 1. The van der Waals surface area contributed by atoms with E-state index in [-0.39, 0.29) is 23.0 Å². The molecule has 4 aliphatic carbocycles. The standard InChI is InChI=1S/C27H45NO2/c1-19-9-10-23-22(18-28-16-13-20-7-5-4-6-8-20)24(12-15-26(19,23)2)27(3)14-11-21(29)17-25(27)30/h7,21-25,28-30H,1,4-6,8-18H2,2-3H3/t21-,22+,23?,24?,25-,26-,27+/m0/s1. The van der Waals surface area contributed by atoms with Gasteiger partial charge in [0.25, 0.3) is 0 Å². The average molecular weight is 416 g/mol. The molecule has 3 nitrogen and oxygen atoms in total. The summed E-state index contributed by atoms with van der Waals surface area (Å²) >= 11 is 0. The van der Waals surface area contributed by atoms with E-state index in [0.717, 1.165) is 25.9 Å². The molecule has 0 aliphatic heterocycles. The number of hydrogen-bond donors (Lipinski definition) is 3. The Morgan fingerprint density at radius 3 is 2.63 bits per heavy atom. The number of hydrogen-bond acceptors (Lipinski definition) is 3. The van der Waals surface area contributed by atoms with E-state index in [2.05, 4.69) is 31.8 Å². The van der Waals surface area contributed by atoms with Crippen molar-refractivity contribution in [3.05, 3.63) is 23.8 Å². The average Bonchev–Trinajstić information content (AvgIpc) is 3.04. The minimum atomic E-state index is -0.380. The molecule has 7 atom stereocenters. The van der Waals surface area contributed by atoms with E-state index >= 15 is 0 Å². The zero-order chi connectivity index (χ0) is 21.4. The van der Waals surface area contributed by atoms with Gasteiger partial charge in [0.15, 0.2) is 0 Å². The van der Waals surface area contributed by atoms with E-state index in [1.165, 1.54) is 63.4 Å². The highest BCUT2D eigenvalue weighted by atomic mass is 16.3. The Morgan fingerprint density at radius 2 is 1.90 bits per heavy atom. The number of aliphatic hydroxyl groups is 2. The fraction of sp³-hybridized carbons (Fsp3) is 0.852. The first-order valence-electron chi connectivity index (χ1n) is 12.8. The van der Waals surface area contributed by atoms with Gasteiger partial charge in [-0.2, -0.15) is 0 Å². The van der Waals surface area contributed by atoms with Crippen molar-refractivity contribution in [3.63, 3.8) is 0 Å². The van der Waals surface area contributed by atoms with Crippen molar-refractivity contribution in [1.29, 1.82) is 0 Å². The molecular formula is C27H45NO2. The summed E-state index contributed by atoms with van der Waals surface area (Å²) in [6.07, 6.45) is 15.4. The first-order chi connectivity index (χ1) is 14.3. The summed E-state index contributed by atoms with van der Waals surface area (Å²) in [6, 6.07) is 0. The second-order valence-electron chi connectivity index (χ2n) is 11.5. The Bertz CT molecular complexity index is 657. The van der Waals surface area contributed by atoms with E-state index in [4.69, 9.17) is 0 Å². The third kappa shape index (κ3) is 4.19. The Kier molecular flexibility index (Phi) is 6.82. The molecular weight excluding hydrogens is 370 g/mol. The number of aliphatic hydroxyl groups excluding tert-OH is 2. The van der Waals surface area contributed by atoms with Crippen LogP contribution in [0.3, 0.4) is 0 Å². The maximum Gasteiger partial charge on any atom is 0.0621 e. The normalized spacial score (nSPS) is 44.6. The van der Waals surface area contributed by atoms with Crippen LogP contribution in [-0.2, 0) is 0 Å². The SMILES string of the molecule is C=C1CCC2[C@@H](CNCCC3=CCCCC3)C([C@@]3(C)CC[C@H](O)C[C@@H]3O)CC[C@@]12C. The predicted octanol–water partition coefficient (Wildman–Crippen LogP) is 5.38. The lowest BCUT2D eigenvalue weighted by Gasteiger charge is -2.55. The number of allylic oxidation sites excluding steroid dienone is 2. The summed E-state index contributed by atoms with van der Waals surface area (Å²) in [5.74, 6) is 1.81. The highest BCUT2D eigenvalue weighted by molar-refractivity contribution is 5.21. The molecule has 2 unspecified atom stereocenters.